The van der Waals surface area contributed by atoms with E-state index in [1.807, 2.05) is 12.1 Å². The van der Waals surface area contributed by atoms with Crippen LogP contribution >= 0.6 is 0 Å². The smallest absolute Gasteiger partial charge is 0.231 e. The van der Waals surface area contributed by atoms with Crippen LogP contribution in [0.1, 0.15) is 36.0 Å². The molecule has 1 amide bonds. The van der Waals surface area contributed by atoms with Crippen molar-refractivity contribution in [3.8, 4) is 22.6 Å². The van der Waals surface area contributed by atoms with Crippen molar-refractivity contribution in [2.45, 2.75) is 45.3 Å². The molecule has 2 saturated heterocycles. The van der Waals surface area contributed by atoms with E-state index >= 15 is 0 Å². The summed E-state index contributed by atoms with van der Waals surface area (Å²) in [5, 5.41) is 0. The normalized spacial score (nSPS) is 21.7. The maximum Gasteiger partial charge on any atom is 0.231 e. The van der Waals surface area contributed by atoms with Crippen molar-refractivity contribution in [3.63, 3.8) is 0 Å². The summed E-state index contributed by atoms with van der Waals surface area (Å²) in [6, 6.07) is 23.9. The molecule has 3 aliphatic rings. The van der Waals surface area contributed by atoms with Gasteiger partial charge in [-0.1, -0.05) is 54.6 Å². The fourth-order valence-electron chi connectivity index (χ4n) is 5.96. The second-order valence-electron chi connectivity index (χ2n) is 10.1. The Bertz CT molecular complexity index is 1220. The van der Waals surface area contributed by atoms with Gasteiger partial charge in [-0.05, 0) is 65.6 Å². The first-order valence-corrected chi connectivity index (χ1v) is 12.7. The van der Waals surface area contributed by atoms with E-state index in [0.717, 1.165) is 49.5 Å². The first-order chi connectivity index (χ1) is 17.1. The standard InChI is InChI=1S/C30H32N2O3/c1-21-4-2-3-5-26(21)24-9-6-22(7-10-24)17-31-15-14-27-25(19-31)11-13-30(33)32(27)18-23-8-12-28-29(16-23)35-20-34-28/h2-10,12,16,25,27H,11,13-15,17-20H2,1H3/t25-,27+/m0/s1. The summed E-state index contributed by atoms with van der Waals surface area (Å²) in [5.41, 5.74) is 6.34. The third kappa shape index (κ3) is 4.53. The Balaban J connectivity index is 1.10. The van der Waals surface area contributed by atoms with Crippen molar-refractivity contribution in [3.05, 3.63) is 83.4 Å². The molecule has 3 aromatic carbocycles. The summed E-state index contributed by atoms with van der Waals surface area (Å²) in [5.74, 6) is 2.38. The first-order valence-electron chi connectivity index (χ1n) is 12.7. The molecule has 35 heavy (non-hydrogen) atoms. The van der Waals surface area contributed by atoms with E-state index in [1.54, 1.807) is 0 Å². The Morgan fingerprint density at radius 1 is 0.886 bits per heavy atom. The fraction of sp³-hybridized carbons (Fsp3) is 0.367. The third-order valence-corrected chi connectivity index (χ3v) is 7.83. The number of hydrogen-bond donors (Lipinski definition) is 0. The van der Waals surface area contributed by atoms with Crippen molar-refractivity contribution in [2.24, 2.45) is 5.92 Å². The van der Waals surface area contributed by atoms with Crippen molar-refractivity contribution >= 4 is 5.91 Å². The summed E-state index contributed by atoms with van der Waals surface area (Å²) in [4.78, 5) is 17.6. The number of fused-ring (bicyclic) bond motifs is 2. The van der Waals surface area contributed by atoms with Crippen LogP contribution in [0, 0.1) is 12.8 Å². The fourth-order valence-corrected chi connectivity index (χ4v) is 5.96. The molecule has 180 valence electrons. The molecule has 3 heterocycles. The van der Waals surface area contributed by atoms with Crippen molar-refractivity contribution < 1.29 is 14.3 Å². The molecule has 0 N–H and O–H groups in total. The summed E-state index contributed by atoms with van der Waals surface area (Å²) >= 11 is 0. The van der Waals surface area contributed by atoms with E-state index in [1.165, 1.54) is 22.3 Å². The van der Waals surface area contributed by atoms with Gasteiger partial charge in [-0.15, -0.1) is 0 Å². The van der Waals surface area contributed by atoms with E-state index in [2.05, 4.69) is 71.3 Å². The molecule has 0 aromatic heterocycles. The molecule has 0 saturated carbocycles. The molecule has 0 bridgehead atoms. The predicted molar refractivity (Wildman–Crippen MR) is 136 cm³/mol. The van der Waals surface area contributed by atoms with Gasteiger partial charge in [-0.3, -0.25) is 9.69 Å². The second-order valence-corrected chi connectivity index (χ2v) is 10.1. The number of benzene rings is 3. The minimum Gasteiger partial charge on any atom is -0.454 e. The van der Waals surface area contributed by atoms with E-state index in [9.17, 15) is 4.79 Å². The van der Waals surface area contributed by atoms with Gasteiger partial charge in [0.05, 0.1) is 0 Å². The Hall–Kier alpha value is -3.31. The summed E-state index contributed by atoms with van der Waals surface area (Å²) in [7, 11) is 0. The van der Waals surface area contributed by atoms with Crippen molar-refractivity contribution in [2.75, 3.05) is 19.9 Å². The second kappa shape index (κ2) is 9.38. The number of nitrogens with zero attached hydrogens (tertiary/aromatic N) is 2. The highest BCUT2D eigenvalue weighted by atomic mass is 16.7. The summed E-state index contributed by atoms with van der Waals surface area (Å²) in [6.07, 6.45) is 2.66. The minimum absolute atomic E-state index is 0.274. The number of carbonyl (C=O) groups excluding carboxylic acids is 1. The van der Waals surface area contributed by atoms with Crippen LogP contribution in [0.25, 0.3) is 11.1 Å². The summed E-state index contributed by atoms with van der Waals surface area (Å²) in [6.45, 7) is 6.12. The van der Waals surface area contributed by atoms with Crippen LogP contribution < -0.4 is 9.47 Å². The average Bonchev–Trinajstić information content (AvgIpc) is 3.35. The van der Waals surface area contributed by atoms with Gasteiger partial charge in [0.25, 0.3) is 0 Å². The molecule has 3 aliphatic heterocycles. The van der Waals surface area contributed by atoms with Gasteiger partial charge >= 0.3 is 0 Å². The number of carbonyl (C=O) groups is 1. The first kappa shape index (κ1) is 22.2. The van der Waals surface area contributed by atoms with Crippen LogP contribution in [0.3, 0.4) is 0 Å². The zero-order valence-corrected chi connectivity index (χ0v) is 20.3. The Kier molecular flexibility index (Phi) is 5.95. The molecule has 2 atom stereocenters. The van der Waals surface area contributed by atoms with Crippen LogP contribution in [0.5, 0.6) is 11.5 Å². The highest BCUT2D eigenvalue weighted by Gasteiger charge is 2.39. The number of aryl methyl sites for hydroxylation is 1. The number of piperidine rings is 2. The monoisotopic (exact) mass is 468 g/mol. The molecular weight excluding hydrogens is 436 g/mol. The van der Waals surface area contributed by atoms with Gasteiger partial charge < -0.3 is 14.4 Å². The van der Waals surface area contributed by atoms with Gasteiger partial charge in [-0.2, -0.15) is 0 Å². The van der Waals surface area contributed by atoms with Crippen molar-refractivity contribution in [1.29, 1.82) is 0 Å². The third-order valence-electron chi connectivity index (χ3n) is 7.83. The molecule has 0 unspecified atom stereocenters. The van der Waals surface area contributed by atoms with Crippen LogP contribution in [-0.4, -0.2) is 41.6 Å². The molecule has 5 heteroatoms. The van der Waals surface area contributed by atoms with E-state index in [0.29, 0.717) is 24.9 Å². The Morgan fingerprint density at radius 2 is 1.69 bits per heavy atom. The van der Waals surface area contributed by atoms with Crippen LogP contribution in [0.4, 0.5) is 0 Å². The average molecular weight is 469 g/mol. The SMILES string of the molecule is Cc1ccccc1-c1ccc(CN2CC[C@@H]3[C@@H](CCC(=O)N3Cc3ccc4c(c3)OCO4)C2)cc1. The highest BCUT2D eigenvalue weighted by molar-refractivity contribution is 5.77. The van der Waals surface area contributed by atoms with Gasteiger partial charge in [0.1, 0.15) is 0 Å². The van der Waals surface area contributed by atoms with E-state index in [-0.39, 0.29) is 12.7 Å². The van der Waals surface area contributed by atoms with Gasteiger partial charge in [0, 0.05) is 38.6 Å². The Labute approximate surface area is 207 Å². The number of rotatable bonds is 5. The van der Waals surface area contributed by atoms with Crippen LogP contribution in [0.15, 0.2) is 66.7 Å². The van der Waals surface area contributed by atoms with Crippen LogP contribution in [0.2, 0.25) is 0 Å². The molecule has 0 aliphatic carbocycles. The Morgan fingerprint density at radius 3 is 2.54 bits per heavy atom. The molecule has 2 fully saturated rings. The lowest BCUT2D eigenvalue weighted by molar-refractivity contribution is -0.142. The maximum atomic E-state index is 12.9. The van der Waals surface area contributed by atoms with E-state index in [4.69, 9.17) is 9.47 Å². The topological polar surface area (TPSA) is 42.0 Å². The lowest BCUT2D eigenvalue weighted by Gasteiger charge is -2.47. The minimum atomic E-state index is 0.274. The number of amides is 1. The summed E-state index contributed by atoms with van der Waals surface area (Å²) < 4.78 is 11.0. The molecular formula is C30H32N2O3. The molecule has 3 aromatic rings. The number of likely N-dealkylation sites (tertiary alicyclic amines) is 2. The van der Waals surface area contributed by atoms with Gasteiger partial charge in [0.15, 0.2) is 11.5 Å². The van der Waals surface area contributed by atoms with E-state index < -0.39 is 0 Å². The molecule has 6 rings (SSSR count). The quantitative estimate of drug-likeness (QED) is 0.503. The molecule has 0 radical (unpaired) electrons. The van der Waals surface area contributed by atoms with Crippen molar-refractivity contribution in [1.82, 2.24) is 9.80 Å². The number of hydrogen-bond acceptors (Lipinski definition) is 4. The van der Waals surface area contributed by atoms with Gasteiger partial charge in [-0.25, -0.2) is 0 Å². The molecule has 5 nitrogen and oxygen atoms in total. The van der Waals surface area contributed by atoms with Crippen LogP contribution in [-0.2, 0) is 17.9 Å². The van der Waals surface area contributed by atoms with Gasteiger partial charge in [0.2, 0.25) is 12.7 Å². The predicted octanol–water partition coefficient (Wildman–Crippen LogP) is 5.40. The lowest BCUT2D eigenvalue weighted by atomic mass is 9.83. The molecule has 0 spiro atoms. The lowest BCUT2D eigenvalue weighted by Crippen LogP contribution is -2.55. The zero-order chi connectivity index (χ0) is 23.8. The largest absolute Gasteiger partial charge is 0.454 e. The number of ether oxygens (including phenoxy) is 2. The maximum absolute atomic E-state index is 12.9. The highest BCUT2D eigenvalue weighted by Crippen LogP contribution is 2.36. The zero-order valence-electron chi connectivity index (χ0n) is 20.3.